The molecule has 2 fully saturated rings. The Balaban J connectivity index is 1.38. The number of thioether (sulfide) groups is 2. The average molecular weight is 575 g/mol. The van der Waals surface area contributed by atoms with E-state index in [0.717, 1.165) is 22.6 Å². The topological polar surface area (TPSA) is 160 Å². The van der Waals surface area contributed by atoms with Gasteiger partial charge in [-0.2, -0.15) is 0 Å². The summed E-state index contributed by atoms with van der Waals surface area (Å²) in [7, 11) is 0. The summed E-state index contributed by atoms with van der Waals surface area (Å²) in [5.41, 5.74) is 6.52. The van der Waals surface area contributed by atoms with E-state index >= 15 is 0 Å². The van der Waals surface area contributed by atoms with Crippen LogP contribution in [0, 0.1) is 12.3 Å². The number of carbonyl (C=O) groups is 3. The quantitative estimate of drug-likeness (QED) is 0.119. The van der Waals surface area contributed by atoms with Gasteiger partial charge in [0, 0.05) is 35.3 Å². The number of hydrogen-bond acceptors (Lipinski definition) is 11. The zero-order chi connectivity index (χ0) is 27.3. The molecule has 2 aromatic heterocycles. The number of oxime groups is 1. The molecule has 2 unspecified atom stereocenters. The van der Waals surface area contributed by atoms with Crippen LogP contribution in [0.15, 0.2) is 46.9 Å². The zero-order valence-corrected chi connectivity index (χ0v) is 22.9. The molecule has 4 heterocycles. The number of aliphatic carboxylic acids is 1. The first-order chi connectivity index (χ1) is 18.2. The van der Waals surface area contributed by atoms with Crippen molar-refractivity contribution in [1.82, 2.24) is 20.2 Å². The molecule has 14 heteroatoms. The Morgan fingerprint density at radius 2 is 2.29 bits per heavy atom. The maximum atomic E-state index is 13.0. The van der Waals surface area contributed by atoms with Gasteiger partial charge in [-0.3, -0.25) is 19.4 Å². The largest absolute Gasteiger partial charge is 0.481 e. The Kier molecular flexibility index (Phi) is 8.74. The lowest BCUT2D eigenvalue weighted by atomic mass is 9.89. The van der Waals surface area contributed by atoms with Gasteiger partial charge < -0.3 is 25.9 Å². The minimum absolute atomic E-state index is 0.0597. The summed E-state index contributed by atoms with van der Waals surface area (Å²) >= 11 is 3.85. The van der Waals surface area contributed by atoms with Gasteiger partial charge in [0.05, 0.1) is 0 Å². The highest BCUT2D eigenvalue weighted by molar-refractivity contribution is 8.02. The van der Waals surface area contributed by atoms with E-state index in [1.54, 1.807) is 11.6 Å². The molecule has 0 saturated carbocycles. The van der Waals surface area contributed by atoms with Gasteiger partial charge in [0.2, 0.25) is 5.91 Å². The molecule has 0 aromatic carbocycles. The van der Waals surface area contributed by atoms with Crippen LogP contribution in [0.1, 0.15) is 17.0 Å². The van der Waals surface area contributed by atoms with Crippen LogP contribution < -0.4 is 11.1 Å². The molecule has 3 atom stereocenters. The lowest BCUT2D eigenvalue weighted by Crippen LogP contribution is -2.74. The van der Waals surface area contributed by atoms with Crippen LogP contribution in [0.5, 0.6) is 0 Å². The number of nitrogens with two attached hydrogens (primary N) is 1. The van der Waals surface area contributed by atoms with E-state index < -0.39 is 23.3 Å². The van der Waals surface area contributed by atoms with Crippen molar-refractivity contribution in [3.8, 4) is 0 Å². The molecular weight excluding hydrogens is 549 g/mol. The molecule has 11 nitrogen and oxygen atoms in total. The van der Waals surface area contributed by atoms with Crippen molar-refractivity contribution in [2.24, 2.45) is 10.6 Å². The van der Waals surface area contributed by atoms with Crippen LogP contribution >= 0.6 is 34.9 Å². The Labute approximate surface area is 231 Å². The fourth-order valence-corrected chi connectivity index (χ4v) is 6.99. The standard InChI is InChI=1S/C24H26N6O5S3/c1-3-7-35-29-17(16-10-37-23(25)27-16)19(31)28-18-20(32)30-11-24(22(33)34,13-38-21(18)30)12-36-8-6-15-5-4-14(2)26-9-15/h3-6,8-10,18,21H,1,7,11-13H2,2H3,(H2,25,27)(H,28,31)(H,33,34)/t18?,21-,24?/m1/s1. The Bertz CT molecular complexity index is 1280. The van der Waals surface area contributed by atoms with Gasteiger partial charge >= 0.3 is 5.97 Å². The SMILES string of the molecule is C=CCON=C(C(=O)NC1C(=O)N2CC(CSC=Cc3ccc(C)nc3)(C(=O)O)CS[C@H]12)c1csc(N)n1. The molecule has 0 radical (unpaired) electrons. The third kappa shape index (κ3) is 6.03. The third-order valence-corrected chi connectivity index (χ3v) is 9.17. The first kappa shape index (κ1) is 27.7. The predicted octanol–water partition coefficient (Wildman–Crippen LogP) is 2.21. The van der Waals surface area contributed by atoms with E-state index in [1.807, 2.05) is 30.5 Å². The molecule has 0 aliphatic carbocycles. The molecular formula is C24H26N6O5S3. The van der Waals surface area contributed by atoms with Crippen LogP contribution in [0.25, 0.3) is 6.08 Å². The Morgan fingerprint density at radius 1 is 1.47 bits per heavy atom. The lowest BCUT2D eigenvalue weighted by molar-refractivity contribution is -0.157. The minimum Gasteiger partial charge on any atom is -0.481 e. The number of β-lactam (4-membered cyclic amide) rings is 1. The number of nitrogens with zero attached hydrogens (tertiary/aromatic N) is 4. The molecule has 0 spiro atoms. The van der Waals surface area contributed by atoms with Gasteiger partial charge in [-0.15, -0.1) is 34.9 Å². The van der Waals surface area contributed by atoms with E-state index in [4.69, 9.17) is 10.6 Å². The number of aromatic nitrogens is 2. The summed E-state index contributed by atoms with van der Waals surface area (Å²) in [4.78, 5) is 53.2. The fraction of sp³-hybridized carbons (Fsp3) is 0.333. The van der Waals surface area contributed by atoms with Crippen molar-refractivity contribution < 1.29 is 24.3 Å². The van der Waals surface area contributed by atoms with E-state index in [1.165, 1.54) is 34.5 Å². The molecule has 4 N–H and O–H groups in total. The molecule has 4 rings (SSSR count). The Morgan fingerprint density at radius 3 is 2.95 bits per heavy atom. The summed E-state index contributed by atoms with van der Waals surface area (Å²) in [6, 6.07) is 3.02. The second kappa shape index (κ2) is 12.0. The number of carboxylic acid groups (broad SMARTS) is 1. The number of fused-ring (bicyclic) bond motifs is 1. The van der Waals surface area contributed by atoms with Gasteiger partial charge in [-0.1, -0.05) is 23.9 Å². The van der Waals surface area contributed by atoms with Crippen molar-refractivity contribution >= 4 is 69.6 Å². The smallest absolute Gasteiger partial charge is 0.313 e. The first-order valence-electron chi connectivity index (χ1n) is 11.4. The maximum absolute atomic E-state index is 13.0. The second-order valence-electron chi connectivity index (χ2n) is 8.65. The second-order valence-corrected chi connectivity index (χ2v) is 11.5. The number of anilines is 1. The molecule has 2 aliphatic heterocycles. The van der Waals surface area contributed by atoms with Gasteiger partial charge in [-0.05, 0) is 30.0 Å². The Hall–Kier alpha value is -3.36. The number of carboxylic acids is 1. The lowest BCUT2D eigenvalue weighted by Gasteiger charge is -2.53. The summed E-state index contributed by atoms with van der Waals surface area (Å²) in [6.45, 7) is 5.58. The number of amides is 2. The average Bonchev–Trinajstić information content (AvgIpc) is 3.34. The number of pyridine rings is 1. The van der Waals surface area contributed by atoms with E-state index in [2.05, 4.69) is 27.0 Å². The van der Waals surface area contributed by atoms with Gasteiger partial charge in [0.1, 0.15) is 29.1 Å². The van der Waals surface area contributed by atoms with Crippen LogP contribution in [-0.4, -0.2) is 79.5 Å². The van der Waals surface area contributed by atoms with Crippen LogP contribution in [0.2, 0.25) is 0 Å². The molecule has 2 aromatic rings. The molecule has 0 bridgehead atoms. The molecule has 38 heavy (non-hydrogen) atoms. The number of aryl methyl sites for hydroxylation is 1. The van der Waals surface area contributed by atoms with Gasteiger partial charge in [-0.25, -0.2) is 4.98 Å². The maximum Gasteiger partial charge on any atom is 0.313 e. The highest BCUT2D eigenvalue weighted by Crippen LogP contribution is 2.43. The number of nitrogens with one attached hydrogen (secondary N) is 1. The van der Waals surface area contributed by atoms with E-state index in [9.17, 15) is 19.5 Å². The summed E-state index contributed by atoms with van der Waals surface area (Å²) in [6.07, 6.45) is 5.10. The molecule has 2 aliphatic rings. The van der Waals surface area contributed by atoms with Crippen molar-refractivity contribution in [1.29, 1.82) is 0 Å². The monoisotopic (exact) mass is 574 g/mol. The fourth-order valence-electron chi connectivity index (χ4n) is 3.78. The van der Waals surface area contributed by atoms with Gasteiger partial charge in [0.15, 0.2) is 10.8 Å². The van der Waals surface area contributed by atoms with Crippen molar-refractivity contribution in [3.05, 3.63) is 58.7 Å². The predicted molar refractivity (Wildman–Crippen MR) is 150 cm³/mol. The van der Waals surface area contributed by atoms with E-state index in [-0.39, 0.29) is 41.0 Å². The van der Waals surface area contributed by atoms with Crippen LogP contribution in [-0.2, 0) is 19.2 Å². The zero-order valence-electron chi connectivity index (χ0n) is 20.4. The minimum atomic E-state index is -1.12. The number of nitrogen functional groups attached to an aromatic ring is 1. The molecule has 2 saturated heterocycles. The highest BCUT2D eigenvalue weighted by atomic mass is 32.2. The van der Waals surface area contributed by atoms with Crippen LogP contribution in [0.4, 0.5) is 5.13 Å². The highest BCUT2D eigenvalue weighted by Gasteiger charge is 2.57. The van der Waals surface area contributed by atoms with Crippen molar-refractivity contribution in [2.45, 2.75) is 18.3 Å². The van der Waals surface area contributed by atoms with Crippen molar-refractivity contribution in [3.63, 3.8) is 0 Å². The van der Waals surface area contributed by atoms with Gasteiger partial charge in [0.25, 0.3) is 5.91 Å². The van der Waals surface area contributed by atoms with Crippen LogP contribution in [0.3, 0.4) is 0 Å². The normalized spacial score (nSPS) is 23.0. The number of thiazole rings is 1. The van der Waals surface area contributed by atoms with E-state index in [0.29, 0.717) is 11.5 Å². The van der Waals surface area contributed by atoms with Crippen molar-refractivity contribution in [2.75, 3.05) is 30.4 Å². The summed E-state index contributed by atoms with van der Waals surface area (Å²) < 4.78 is 0. The summed E-state index contributed by atoms with van der Waals surface area (Å²) in [5, 5.41) is 19.9. The molecule has 200 valence electrons. The number of rotatable bonds is 11. The first-order valence-corrected chi connectivity index (χ1v) is 14.4. The third-order valence-electron chi connectivity index (χ3n) is 5.86. The summed E-state index contributed by atoms with van der Waals surface area (Å²) in [5.74, 6) is -1.36. The number of carbonyl (C=O) groups excluding carboxylic acids is 2. The number of hydrogen-bond donors (Lipinski definition) is 3. The molecule has 2 amide bonds.